The van der Waals surface area contributed by atoms with Crippen LogP contribution in [0.4, 0.5) is 0 Å². The molecule has 0 aromatic rings. The predicted octanol–water partition coefficient (Wildman–Crippen LogP) is 1.57. The second-order valence-electron chi connectivity index (χ2n) is 3.62. The van der Waals surface area contributed by atoms with Crippen LogP contribution in [-0.2, 0) is 0 Å². The van der Waals surface area contributed by atoms with Crippen LogP contribution in [0.1, 0.15) is 12.8 Å². The van der Waals surface area contributed by atoms with Crippen molar-refractivity contribution in [3.8, 4) is 0 Å². The molecule has 1 spiro atoms. The van der Waals surface area contributed by atoms with Crippen LogP contribution in [0.2, 0.25) is 0 Å². The standard InChI is InChI=1S/C8H15NS2/c9-4-7-1-2-11-8(3-7)5-10-6-8/h7H,1-6,9H2. The van der Waals surface area contributed by atoms with Crippen LogP contribution in [0.15, 0.2) is 0 Å². The summed E-state index contributed by atoms with van der Waals surface area (Å²) in [5, 5.41) is 0. The van der Waals surface area contributed by atoms with Gasteiger partial charge in [0.05, 0.1) is 0 Å². The summed E-state index contributed by atoms with van der Waals surface area (Å²) in [6.45, 7) is 0.910. The van der Waals surface area contributed by atoms with Gasteiger partial charge in [-0.1, -0.05) is 0 Å². The van der Waals surface area contributed by atoms with Gasteiger partial charge in [0.25, 0.3) is 0 Å². The maximum absolute atomic E-state index is 5.69. The van der Waals surface area contributed by atoms with E-state index in [0.717, 1.165) is 12.5 Å². The van der Waals surface area contributed by atoms with E-state index >= 15 is 0 Å². The second-order valence-corrected chi connectivity index (χ2v) is 6.17. The summed E-state index contributed by atoms with van der Waals surface area (Å²) in [6, 6.07) is 0. The highest BCUT2D eigenvalue weighted by Gasteiger charge is 2.42. The van der Waals surface area contributed by atoms with Crippen molar-refractivity contribution in [2.75, 3.05) is 23.8 Å². The summed E-state index contributed by atoms with van der Waals surface area (Å²) in [5.41, 5.74) is 5.69. The van der Waals surface area contributed by atoms with Crippen LogP contribution >= 0.6 is 23.5 Å². The van der Waals surface area contributed by atoms with Crippen LogP contribution in [0.5, 0.6) is 0 Å². The zero-order valence-corrected chi connectivity index (χ0v) is 8.35. The maximum atomic E-state index is 5.69. The normalized spacial score (nSPS) is 35.2. The molecule has 0 aromatic heterocycles. The predicted molar refractivity (Wildman–Crippen MR) is 54.3 cm³/mol. The third kappa shape index (κ3) is 1.56. The van der Waals surface area contributed by atoms with E-state index in [0.29, 0.717) is 4.75 Å². The average molecular weight is 189 g/mol. The van der Waals surface area contributed by atoms with E-state index in [1.807, 2.05) is 0 Å². The van der Waals surface area contributed by atoms with Gasteiger partial charge in [-0.3, -0.25) is 0 Å². The molecule has 0 aromatic carbocycles. The fourth-order valence-electron chi connectivity index (χ4n) is 1.86. The van der Waals surface area contributed by atoms with Crippen LogP contribution in [0, 0.1) is 5.92 Å². The van der Waals surface area contributed by atoms with E-state index in [1.54, 1.807) is 0 Å². The average Bonchev–Trinajstić information content (AvgIpc) is 2.02. The highest BCUT2D eigenvalue weighted by Crippen LogP contribution is 2.49. The van der Waals surface area contributed by atoms with Crippen LogP contribution < -0.4 is 5.73 Å². The molecule has 2 N–H and O–H groups in total. The molecule has 0 aliphatic carbocycles. The largest absolute Gasteiger partial charge is 0.330 e. The van der Waals surface area contributed by atoms with E-state index in [1.165, 1.54) is 30.1 Å². The van der Waals surface area contributed by atoms with Gasteiger partial charge >= 0.3 is 0 Å². The molecule has 2 saturated heterocycles. The topological polar surface area (TPSA) is 26.0 Å². The SMILES string of the molecule is NCC1CCSC2(CSC2)C1. The summed E-state index contributed by atoms with van der Waals surface area (Å²) < 4.78 is 0.674. The van der Waals surface area contributed by atoms with Gasteiger partial charge in [-0.25, -0.2) is 0 Å². The molecule has 1 nitrogen and oxygen atoms in total. The summed E-state index contributed by atoms with van der Waals surface area (Å²) in [7, 11) is 0. The number of hydrogen-bond acceptors (Lipinski definition) is 3. The minimum atomic E-state index is 0.674. The molecule has 2 heterocycles. The lowest BCUT2D eigenvalue weighted by atomic mass is 9.93. The van der Waals surface area contributed by atoms with Gasteiger partial charge in [0, 0.05) is 16.3 Å². The van der Waals surface area contributed by atoms with Crippen LogP contribution in [0.3, 0.4) is 0 Å². The number of thioether (sulfide) groups is 2. The smallest absolute Gasteiger partial charge is 0.0343 e. The Balaban J connectivity index is 1.92. The summed E-state index contributed by atoms with van der Waals surface area (Å²) in [6.07, 6.45) is 2.74. The van der Waals surface area contributed by atoms with Gasteiger partial charge in [0.2, 0.25) is 0 Å². The quantitative estimate of drug-likeness (QED) is 0.678. The molecule has 1 unspecified atom stereocenters. The Bertz CT molecular complexity index is 145. The Kier molecular flexibility index (Phi) is 2.40. The molecular weight excluding hydrogens is 174 g/mol. The van der Waals surface area contributed by atoms with Gasteiger partial charge in [-0.15, -0.1) is 0 Å². The Hall–Kier alpha value is 0.660. The van der Waals surface area contributed by atoms with Crippen molar-refractivity contribution >= 4 is 23.5 Å². The first-order valence-electron chi connectivity index (χ1n) is 4.26. The van der Waals surface area contributed by atoms with Crippen molar-refractivity contribution in [1.29, 1.82) is 0 Å². The van der Waals surface area contributed by atoms with Crippen molar-refractivity contribution in [3.63, 3.8) is 0 Å². The third-order valence-corrected chi connectivity index (χ3v) is 6.05. The number of rotatable bonds is 1. The van der Waals surface area contributed by atoms with Gasteiger partial charge in [0.1, 0.15) is 0 Å². The summed E-state index contributed by atoms with van der Waals surface area (Å²) in [5.74, 6) is 4.95. The maximum Gasteiger partial charge on any atom is 0.0343 e. The molecule has 2 aliphatic rings. The van der Waals surface area contributed by atoms with Crippen LogP contribution in [0.25, 0.3) is 0 Å². The zero-order chi connectivity index (χ0) is 7.73. The zero-order valence-electron chi connectivity index (χ0n) is 6.71. The molecule has 0 amide bonds. The van der Waals surface area contributed by atoms with E-state index in [4.69, 9.17) is 5.73 Å². The summed E-state index contributed by atoms with van der Waals surface area (Å²) >= 11 is 4.29. The Labute approximate surface area is 76.9 Å². The number of hydrogen-bond donors (Lipinski definition) is 1. The first-order valence-corrected chi connectivity index (χ1v) is 6.40. The molecule has 0 bridgehead atoms. The van der Waals surface area contributed by atoms with Crippen molar-refractivity contribution in [1.82, 2.24) is 0 Å². The summed E-state index contributed by atoms with van der Waals surface area (Å²) in [4.78, 5) is 0. The minimum absolute atomic E-state index is 0.674. The van der Waals surface area contributed by atoms with Gasteiger partial charge < -0.3 is 5.73 Å². The van der Waals surface area contributed by atoms with Gasteiger partial charge in [-0.2, -0.15) is 23.5 Å². The lowest BCUT2D eigenvalue weighted by molar-refractivity contribution is 0.415. The molecular formula is C8H15NS2. The Morgan fingerprint density at radius 2 is 2.27 bits per heavy atom. The minimum Gasteiger partial charge on any atom is -0.330 e. The lowest BCUT2D eigenvalue weighted by Gasteiger charge is -2.46. The number of nitrogens with two attached hydrogens (primary N) is 1. The second kappa shape index (κ2) is 3.19. The highest BCUT2D eigenvalue weighted by atomic mass is 32.2. The molecule has 64 valence electrons. The molecule has 2 fully saturated rings. The molecule has 0 radical (unpaired) electrons. The van der Waals surface area contributed by atoms with Gasteiger partial charge in [-0.05, 0) is 31.1 Å². The molecule has 0 saturated carbocycles. The van der Waals surface area contributed by atoms with Crippen LogP contribution in [-0.4, -0.2) is 28.6 Å². The van der Waals surface area contributed by atoms with Crippen molar-refractivity contribution < 1.29 is 0 Å². The third-order valence-electron chi connectivity index (χ3n) is 2.66. The fraction of sp³-hybridized carbons (Fsp3) is 1.00. The first kappa shape index (κ1) is 8.27. The molecule has 1 atom stereocenters. The lowest BCUT2D eigenvalue weighted by Crippen LogP contribution is -2.45. The van der Waals surface area contributed by atoms with E-state index in [9.17, 15) is 0 Å². The van der Waals surface area contributed by atoms with E-state index in [-0.39, 0.29) is 0 Å². The Morgan fingerprint density at radius 1 is 1.45 bits per heavy atom. The van der Waals surface area contributed by atoms with Crippen molar-refractivity contribution in [2.24, 2.45) is 11.7 Å². The first-order chi connectivity index (χ1) is 5.35. The molecule has 2 rings (SSSR count). The van der Waals surface area contributed by atoms with Crippen molar-refractivity contribution in [2.45, 2.75) is 17.6 Å². The molecule has 2 aliphatic heterocycles. The van der Waals surface area contributed by atoms with E-state index < -0.39 is 0 Å². The van der Waals surface area contributed by atoms with E-state index in [2.05, 4.69) is 23.5 Å². The molecule has 11 heavy (non-hydrogen) atoms. The van der Waals surface area contributed by atoms with Gasteiger partial charge in [0.15, 0.2) is 0 Å². The monoisotopic (exact) mass is 189 g/mol. The fourth-order valence-corrected chi connectivity index (χ4v) is 5.16. The highest BCUT2D eigenvalue weighted by molar-refractivity contribution is 8.08. The Morgan fingerprint density at radius 3 is 2.82 bits per heavy atom. The van der Waals surface area contributed by atoms with Crippen molar-refractivity contribution in [3.05, 3.63) is 0 Å². The molecule has 3 heteroatoms.